The molecule has 0 aromatic heterocycles. The van der Waals surface area contributed by atoms with Gasteiger partial charge >= 0.3 is 91.8 Å². The predicted octanol–water partition coefficient (Wildman–Crippen LogP) is 2.90. The Morgan fingerprint density at radius 3 is 3.08 bits per heavy atom. The maximum atomic E-state index is 5.92. The van der Waals surface area contributed by atoms with E-state index in [1.807, 2.05) is 17.8 Å². The molecule has 1 nitrogen and oxygen atoms in total. The molecule has 0 saturated carbocycles. The molecular weight excluding hydrogens is 247 g/mol. The van der Waals surface area contributed by atoms with Crippen LogP contribution in [0.15, 0.2) is 12.7 Å². The van der Waals surface area contributed by atoms with E-state index in [9.17, 15) is 0 Å². The molecule has 1 heterocycles. The molecule has 0 radical (unpaired) electrons. The van der Waals surface area contributed by atoms with Gasteiger partial charge in [0.2, 0.25) is 0 Å². The topological polar surface area (TPSA) is 9.23 Å². The first-order chi connectivity index (χ1) is 6.20. The first-order valence-corrected chi connectivity index (χ1v) is 7.84. The van der Waals surface area contributed by atoms with Gasteiger partial charge in [0.15, 0.2) is 0 Å². The van der Waals surface area contributed by atoms with Crippen LogP contribution in [0.25, 0.3) is 0 Å². The second kappa shape index (κ2) is 5.45. The van der Waals surface area contributed by atoms with Crippen LogP contribution < -0.4 is 0 Å². The zero-order valence-corrected chi connectivity index (χ0v) is 10.9. The molecule has 3 heteroatoms. The van der Waals surface area contributed by atoms with Gasteiger partial charge in [0, 0.05) is 0 Å². The first-order valence-electron chi connectivity index (χ1n) is 4.78. The Morgan fingerprint density at radius 1 is 1.77 bits per heavy atom. The number of unbranched alkanes of at least 4 members (excludes halogenated alkanes) is 1. The second-order valence-electron chi connectivity index (χ2n) is 3.27. The summed E-state index contributed by atoms with van der Waals surface area (Å²) < 4.78 is 6.04. The van der Waals surface area contributed by atoms with E-state index < -0.39 is 0 Å². The van der Waals surface area contributed by atoms with E-state index in [4.69, 9.17) is 4.74 Å². The number of ether oxygens (including phenoxy) is 1. The van der Waals surface area contributed by atoms with Gasteiger partial charge in [-0.1, -0.05) is 0 Å². The van der Waals surface area contributed by atoms with Crippen molar-refractivity contribution in [2.75, 3.05) is 5.75 Å². The summed E-state index contributed by atoms with van der Waals surface area (Å²) in [6.45, 7) is 8.25. The van der Waals surface area contributed by atoms with Crippen LogP contribution in [0.1, 0.15) is 26.7 Å². The summed E-state index contributed by atoms with van der Waals surface area (Å²) in [6.07, 6.45) is 4.84. The van der Waals surface area contributed by atoms with Gasteiger partial charge in [0.25, 0.3) is 0 Å². The molecule has 76 valence electrons. The molecule has 0 aromatic carbocycles. The predicted molar refractivity (Wildman–Crippen MR) is 61.4 cm³/mol. The van der Waals surface area contributed by atoms with E-state index in [1.165, 1.54) is 23.9 Å². The molecule has 1 fully saturated rings. The van der Waals surface area contributed by atoms with Gasteiger partial charge in [-0.3, -0.25) is 0 Å². The molecule has 0 unspecified atom stereocenters. The zero-order valence-electron chi connectivity index (χ0n) is 8.41. The van der Waals surface area contributed by atoms with Crippen molar-refractivity contribution in [3.05, 3.63) is 12.7 Å². The first kappa shape index (κ1) is 11.6. The monoisotopic (exact) mass is 266 g/mol. The number of hydrogen-bond acceptors (Lipinski definition) is 2. The third-order valence-corrected chi connectivity index (χ3v) is 6.81. The van der Waals surface area contributed by atoms with Crippen molar-refractivity contribution in [1.82, 2.24) is 0 Å². The molecule has 0 bridgehead atoms. The van der Waals surface area contributed by atoms with E-state index in [0.29, 0.717) is 21.1 Å². The third kappa shape index (κ3) is 3.67. The summed E-state index contributed by atoms with van der Waals surface area (Å²) in [7, 11) is 0. The van der Waals surface area contributed by atoms with E-state index >= 15 is 0 Å². The Morgan fingerprint density at radius 2 is 2.54 bits per heavy atom. The molecule has 0 amide bonds. The molecule has 0 aromatic rings. The summed E-state index contributed by atoms with van der Waals surface area (Å²) in [5.41, 5.74) is 0. The van der Waals surface area contributed by atoms with Gasteiger partial charge in [0.1, 0.15) is 0 Å². The third-order valence-electron chi connectivity index (χ3n) is 2.00. The normalized spacial score (nSPS) is 33.5. The van der Waals surface area contributed by atoms with Crippen molar-refractivity contribution in [2.45, 2.75) is 41.9 Å². The SMILES string of the molecule is C=C[C@@H]1C[Se][C@](C)(SCCCC)O1. The van der Waals surface area contributed by atoms with Gasteiger partial charge < -0.3 is 0 Å². The fourth-order valence-electron chi connectivity index (χ4n) is 1.17. The summed E-state index contributed by atoms with van der Waals surface area (Å²) >= 11 is 2.60. The Bertz CT molecular complexity index is 174. The fraction of sp³-hybridized carbons (Fsp3) is 0.800. The van der Waals surface area contributed by atoms with Gasteiger partial charge in [-0.2, -0.15) is 0 Å². The van der Waals surface area contributed by atoms with Gasteiger partial charge in [-0.15, -0.1) is 0 Å². The molecular formula is C10H18OSSe. The summed E-state index contributed by atoms with van der Waals surface area (Å²) in [5, 5.41) is 1.20. The molecule has 1 aliphatic heterocycles. The molecule has 1 aliphatic rings. The average molecular weight is 265 g/mol. The molecule has 0 spiro atoms. The van der Waals surface area contributed by atoms with E-state index in [1.54, 1.807) is 0 Å². The molecule has 13 heavy (non-hydrogen) atoms. The van der Waals surface area contributed by atoms with Gasteiger partial charge in [-0.25, -0.2) is 0 Å². The van der Waals surface area contributed by atoms with Crippen LogP contribution in [0.4, 0.5) is 0 Å². The minimum atomic E-state index is 0.126. The van der Waals surface area contributed by atoms with Crippen molar-refractivity contribution in [3.63, 3.8) is 0 Å². The van der Waals surface area contributed by atoms with Crippen LogP contribution in [0.3, 0.4) is 0 Å². The van der Waals surface area contributed by atoms with E-state index in [0.717, 1.165) is 0 Å². The van der Waals surface area contributed by atoms with Crippen LogP contribution in [0.2, 0.25) is 5.32 Å². The van der Waals surface area contributed by atoms with E-state index in [2.05, 4.69) is 20.4 Å². The van der Waals surface area contributed by atoms with Crippen molar-refractivity contribution >= 4 is 26.7 Å². The van der Waals surface area contributed by atoms with Crippen LogP contribution in [-0.2, 0) is 4.74 Å². The minimum absolute atomic E-state index is 0.126. The Labute approximate surface area is 91.8 Å². The number of hydrogen-bond donors (Lipinski definition) is 0. The van der Waals surface area contributed by atoms with Crippen LogP contribution in [0.5, 0.6) is 0 Å². The fourth-order valence-corrected chi connectivity index (χ4v) is 5.46. The number of thioether (sulfide) groups is 1. The molecule has 2 atom stereocenters. The summed E-state index contributed by atoms with van der Waals surface area (Å²) in [4.78, 5) is 0. The quantitative estimate of drug-likeness (QED) is 0.429. The van der Waals surface area contributed by atoms with Gasteiger partial charge in [-0.05, 0) is 0 Å². The Balaban J connectivity index is 2.27. The summed E-state index contributed by atoms with van der Waals surface area (Å²) in [6, 6.07) is 0. The van der Waals surface area contributed by atoms with Crippen molar-refractivity contribution < 1.29 is 4.74 Å². The molecule has 1 rings (SSSR count). The maximum absolute atomic E-state index is 5.92. The van der Waals surface area contributed by atoms with Crippen LogP contribution in [-0.4, -0.2) is 30.6 Å². The molecule has 0 aliphatic carbocycles. The van der Waals surface area contributed by atoms with Crippen molar-refractivity contribution in [1.29, 1.82) is 0 Å². The second-order valence-corrected chi connectivity index (χ2v) is 8.27. The van der Waals surface area contributed by atoms with Crippen LogP contribution >= 0.6 is 11.8 Å². The number of rotatable bonds is 5. The van der Waals surface area contributed by atoms with Crippen molar-refractivity contribution in [2.24, 2.45) is 0 Å². The zero-order chi connectivity index (χ0) is 9.73. The molecule has 0 N–H and O–H groups in total. The average Bonchev–Trinajstić information content (AvgIpc) is 2.49. The van der Waals surface area contributed by atoms with Crippen molar-refractivity contribution in [3.8, 4) is 0 Å². The van der Waals surface area contributed by atoms with Gasteiger partial charge in [0.05, 0.1) is 0 Å². The van der Waals surface area contributed by atoms with Crippen LogP contribution in [0, 0.1) is 0 Å². The Kier molecular flexibility index (Phi) is 4.88. The van der Waals surface area contributed by atoms with E-state index in [-0.39, 0.29) is 3.83 Å². The molecule has 1 saturated heterocycles. The Hall–Kier alpha value is 0.569. The standard InChI is InChI=1S/C10H18OSSe/c1-4-6-7-12-10(3)11-9(5-2)8-13-10/h5,9H,2,4,6-8H2,1,3H3/t9-,10+/m1/s1. The summed E-state index contributed by atoms with van der Waals surface area (Å²) in [5.74, 6) is 1.23.